The Balaban J connectivity index is 2.94. The molecule has 0 amide bonds. The Bertz CT molecular complexity index is 323. The summed E-state index contributed by atoms with van der Waals surface area (Å²) < 4.78 is 0. The molecule has 0 saturated carbocycles. The zero-order chi connectivity index (χ0) is 9.84. The molecule has 1 N–H and O–H groups in total. The lowest BCUT2D eigenvalue weighted by molar-refractivity contribution is -0.111. The maximum atomic E-state index is 10.6. The van der Waals surface area contributed by atoms with E-state index in [9.17, 15) is 9.90 Å². The van der Waals surface area contributed by atoms with E-state index in [4.69, 9.17) is 23.2 Å². The topological polar surface area (TPSA) is 37.3 Å². The summed E-state index contributed by atoms with van der Waals surface area (Å²) in [7, 11) is 0. The van der Waals surface area contributed by atoms with E-state index in [1.165, 1.54) is 6.07 Å². The highest BCUT2D eigenvalue weighted by atomic mass is 35.5. The molecule has 13 heavy (non-hydrogen) atoms. The number of aromatic hydroxyl groups is 1. The third-order valence-electron chi connectivity index (χ3n) is 1.53. The summed E-state index contributed by atoms with van der Waals surface area (Å²) in [4.78, 5) is 10.6. The van der Waals surface area contributed by atoms with Crippen molar-refractivity contribution < 1.29 is 9.90 Å². The first-order chi connectivity index (χ1) is 6.11. The number of rotatable bonds is 3. The monoisotopic (exact) mass is 218 g/mol. The Morgan fingerprint density at radius 2 is 1.92 bits per heavy atom. The summed E-state index contributed by atoms with van der Waals surface area (Å²) in [6, 6.07) is 4.79. The normalized spacial score (nSPS) is 10.0. The number of halogens is 2. The minimum atomic E-state index is -0.453. The average Bonchev–Trinajstić information content (AvgIpc) is 2.01. The third kappa shape index (κ3) is 3.25. The van der Waals surface area contributed by atoms with Crippen LogP contribution in [0.1, 0.15) is 11.1 Å². The van der Waals surface area contributed by atoms with Crippen LogP contribution >= 0.6 is 23.2 Å². The number of hydrogen-bond acceptors (Lipinski definition) is 2. The lowest BCUT2D eigenvalue weighted by atomic mass is 10.1. The molecule has 1 rings (SSSR count). The van der Waals surface area contributed by atoms with Gasteiger partial charge in [-0.3, -0.25) is 4.79 Å². The summed E-state index contributed by atoms with van der Waals surface area (Å²) in [5.41, 5.74) is 1.45. The predicted octanol–water partition coefficient (Wildman–Crippen LogP) is 2.44. The van der Waals surface area contributed by atoms with Crippen molar-refractivity contribution in [1.29, 1.82) is 0 Å². The summed E-state index contributed by atoms with van der Waals surface area (Å²) in [6.07, 6.45) is 0.111. The molecule has 0 aliphatic rings. The molecule has 1 aromatic rings. The molecule has 0 aliphatic carbocycles. The number of phenolic OH excluding ortho intramolecular Hbond substituents is 1. The van der Waals surface area contributed by atoms with Crippen LogP contribution in [0.15, 0.2) is 18.2 Å². The minimum absolute atomic E-state index is 0.103. The molecule has 0 saturated heterocycles. The first-order valence-corrected chi connectivity index (χ1v) is 4.59. The highest BCUT2D eigenvalue weighted by molar-refractivity contribution is 6.63. The molecule has 1 aromatic carbocycles. The van der Waals surface area contributed by atoms with Crippen LogP contribution in [0.4, 0.5) is 0 Å². The summed E-state index contributed by atoms with van der Waals surface area (Å²) in [5, 5.41) is 8.77. The molecular formula is C9H8Cl2O2. The first kappa shape index (κ1) is 10.4. The molecule has 4 heteroatoms. The number of benzene rings is 1. The molecular weight excluding hydrogens is 211 g/mol. The zero-order valence-corrected chi connectivity index (χ0v) is 8.27. The van der Waals surface area contributed by atoms with Crippen LogP contribution < -0.4 is 0 Å². The number of carbonyl (C=O) groups excluding carboxylic acids is 1. The maximum Gasteiger partial charge on any atom is 0.226 e. The number of hydrogen-bond donors (Lipinski definition) is 1. The van der Waals surface area contributed by atoms with Gasteiger partial charge in [0.15, 0.2) is 0 Å². The van der Waals surface area contributed by atoms with Crippen molar-refractivity contribution in [1.82, 2.24) is 0 Å². The van der Waals surface area contributed by atoms with E-state index in [0.717, 1.165) is 5.56 Å². The zero-order valence-electron chi connectivity index (χ0n) is 6.76. The Morgan fingerprint density at radius 1 is 1.31 bits per heavy atom. The lowest BCUT2D eigenvalue weighted by Gasteiger charge is -2.01. The van der Waals surface area contributed by atoms with Gasteiger partial charge in [-0.25, -0.2) is 0 Å². The van der Waals surface area contributed by atoms with Crippen LogP contribution in [0, 0.1) is 0 Å². The Labute approximate surface area is 86.1 Å². The Hall–Kier alpha value is -0.730. The van der Waals surface area contributed by atoms with E-state index < -0.39 is 5.24 Å². The number of alkyl halides is 1. The number of carbonyl (C=O) groups is 1. The van der Waals surface area contributed by atoms with E-state index in [2.05, 4.69) is 0 Å². The second kappa shape index (κ2) is 4.49. The fourth-order valence-corrected chi connectivity index (χ4v) is 1.39. The Morgan fingerprint density at radius 3 is 2.46 bits per heavy atom. The van der Waals surface area contributed by atoms with Gasteiger partial charge < -0.3 is 5.11 Å². The van der Waals surface area contributed by atoms with Gasteiger partial charge in [-0.05, 0) is 34.9 Å². The third-order valence-corrected chi connectivity index (χ3v) is 1.98. The first-order valence-electron chi connectivity index (χ1n) is 3.68. The van der Waals surface area contributed by atoms with Crippen molar-refractivity contribution >= 4 is 28.4 Å². The van der Waals surface area contributed by atoms with Gasteiger partial charge >= 0.3 is 0 Å². The highest BCUT2D eigenvalue weighted by Gasteiger charge is 2.03. The molecule has 0 bridgehead atoms. The summed E-state index contributed by atoms with van der Waals surface area (Å²) in [5.74, 6) is 0.406. The van der Waals surface area contributed by atoms with Gasteiger partial charge in [0, 0.05) is 12.3 Å². The van der Waals surface area contributed by atoms with Crippen molar-refractivity contribution in [3.05, 3.63) is 29.3 Å². The molecule has 0 atom stereocenters. The van der Waals surface area contributed by atoms with Gasteiger partial charge in [0.25, 0.3) is 0 Å². The van der Waals surface area contributed by atoms with Crippen LogP contribution in [0.25, 0.3) is 0 Å². The lowest BCUT2D eigenvalue weighted by Crippen LogP contribution is -1.94. The molecule has 70 valence electrons. The van der Waals surface area contributed by atoms with Crippen molar-refractivity contribution in [2.75, 3.05) is 0 Å². The van der Waals surface area contributed by atoms with E-state index in [1.807, 2.05) is 0 Å². The minimum Gasteiger partial charge on any atom is -0.508 e. The highest BCUT2D eigenvalue weighted by Crippen LogP contribution is 2.18. The van der Waals surface area contributed by atoms with Crippen LogP contribution in [0.2, 0.25) is 0 Å². The fraction of sp³-hybridized carbons (Fsp3) is 0.222. The molecule has 0 aromatic heterocycles. The SMILES string of the molecule is O=C(Cl)Cc1cc(O)cc(CCl)c1. The van der Waals surface area contributed by atoms with Gasteiger partial charge in [-0.15, -0.1) is 11.6 Å². The molecule has 2 nitrogen and oxygen atoms in total. The second-order valence-corrected chi connectivity index (χ2v) is 3.36. The molecule has 0 spiro atoms. The largest absolute Gasteiger partial charge is 0.508 e. The van der Waals surface area contributed by atoms with E-state index in [1.54, 1.807) is 12.1 Å². The predicted molar refractivity (Wildman–Crippen MR) is 52.2 cm³/mol. The number of phenols is 1. The second-order valence-electron chi connectivity index (χ2n) is 2.67. The summed E-state index contributed by atoms with van der Waals surface area (Å²) in [6.45, 7) is 0. The standard InChI is InChI=1S/C9H8Cl2O2/c10-5-7-1-6(4-9(11)13)2-8(12)3-7/h1-3,12H,4-5H2. The van der Waals surface area contributed by atoms with Crippen LogP contribution in [-0.4, -0.2) is 10.3 Å². The van der Waals surface area contributed by atoms with Gasteiger partial charge in [-0.2, -0.15) is 0 Å². The molecule has 0 fully saturated rings. The molecule has 0 unspecified atom stereocenters. The molecule has 0 heterocycles. The van der Waals surface area contributed by atoms with E-state index in [-0.39, 0.29) is 12.2 Å². The van der Waals surface area contributed by atoms with Crippen molar-refractivity contribution in [3.63, 3.8) is 0 Å². The maximum absolute atomic E-state index is 10.6. The summed E-state index contributed by atoms with van der Waals surface area (Å²) >= 11 is 10.8. The van der Waals surface area contributed by atoms with Gasteiger partial charge in [0.05, 0.1) is 0 Å². The van der Waals surface area contributed by atoms with Gasteiger partial charge in [0.1, 0.15) is 5.75 Å². The van der Waals surface area contributed by atoms with Gasteiger partial charge in [-0.1, -0.05) is 6.07 Å². The molecule has 0 aliphatic heterocycles. The quantitative estimate of drug-likeness (QED) is 0.626. The average molecular weight is 219 g/mol. The van der Waals surface area contributed by atoms with Crippen LogP contribution in [0.3, 0.4) is 0 Å². The van der Waals surface area contributed by atoms with Crippen molar-refractivity contribution in [3.8, 4) is 5.75 Å². The smallest absolute Gasteiger partial charge is 0.226 e. The van der Waals surface area contributed by atoms with Crippen molar-refractivity contribution in [2.24, 2.45) is 0 Å². The van der Waals surface area contributed by atoms with Crippen molar-refractivity contribution in [2.45, 2.75) is 12.3 Å². The van der Waals surface area contributed by atoms with Crippen LogP contribution in [-0.2, 0) is 17.1 Å². The molecule has 0 radical (unpaired) electrons. The van der Waals surface area contributed by atoms with E-state index >= 15 is 0 Å². The van der Waals surface area contributed by atoms with Crippen LogP contribution in [0.5, 0.6) is 5.75 Å². The fourth-order valence-electron chi connectivity index (χ4n) is 1.08. The Kier molecular flexibility index (Phi) is 3.58. The van der Waals surface area contributed by atoms with E-state index in [0.29, 0.717) is 11.4 Å². The van der Waals surface area contributed by atoms with Gasteiger partial charge in [0.2, 0.25) is 5.24 Å².